The molecule has 102 valence electrons. The van der Waals surface area contributed by atoms with Crippen LogP contribution in [0.3, 0.4) is 0 Å². The van der Waals surface area contributed by atoms with Crippen LogP contribution < -0.4 is 10.0 Å². The van der Waals surface area contributed by atoms with E-state index in [1.807, 2.05) is 0 Å². The molecule has 0 aromatic carbocycles. The van der Waals surface area contributed by atoms with Gasteiger partial charge in [0.15, 0.2) is 0 Å². The van der Waals surface area contributed by atoms with Crippen molar-refractivity contribution in [1.82, 2.24) is 20.2 Å². The fourth-order valence-electron chi connectivity index (χ4n) is 1.15. The van der Waals surface area contributed by atoms with Crippen LogP contribution in [-0.2, 0) is 19.6 Å². The standard InChI is InChI=1S/C9H16N4O4S/c1-17-5-4-10-9(14)2-3-13-18(15,16)8-6-11-12-7-8/h6-7,13H,2-5H2,1H3,(H,10,14)(H,11,12). The van der Waals surface area contributed by atoms with Crippen molar-refractivity contribution in [1.29, 1.82) is 0 Å². The number of aromatic amines is 1. The van der Waals surface area contributed by atoms with Gasteiger partial charge in [0.05, 0.1) is 12.8 Å². The molecule has 0 atom stereocenters. The fourth-order valence-corrected chi connectivity index (χ4v) is 2.09. The Morgan fingerprint density at radius 1 is 1.50 bits per heavy atom. The van der Waals surface area contributed by atoms with Crippen molar-refractivity contribution in [3.63, 3.8) is 0 Å². The predicted octanol–water partition coefficient (Wildman–Crippen LogP) is -1.16. The van der Waals surface area contributed by atoms with E-state index in [0.29, 0.717) is 13.2 Å². The second kappa shape index (κ2) is 7.09. The number of aromatic nitrogens is 2. The van der Waals surface area contributed by atoms with Gasteiger partial charge >= 0.3 is 0 Å². The molecule has 1 aromatic rings. The SMILES string of the molecule is COCCNC(=O)CCNS(=O)(=O)c1cn[nH]c1. The van der Waals surface area contributed by atoms with Gasteiger partial charge in [0.1, 0.15) is 4.90 Å². The van der Waals surface area contributed by atoms with Gasteiger partial charge in [-0.05, 0) is 0 Å². The van der Waals surface area contributed by atoms with Crippen molar-refractivity contribution in [2.75, 3.05) is 26.8 Å². The molecule has 1 amide bonds. The Labute approximate surface area is 105 Å². The molecular weight excluding hydrogens is 260 g/mol. The van der Waals surface area contributed by atoms with Gasteiger partial charge in [-0.2, -0.15) is 5.10 Å². The molecule has 0 radical (unpaired) electrons. The topological polar surface area (TPSA) is 113 Å². The van der Waals surface area contributed by atoms with Crippen molar-refractivity contribution in [2.45, 2.75) is 11.3 Å². The molecule has 0 fully saturated rings. The van der Waals surface area contributed by atoms with Gasteiger partial charge in [-0.3, -0.25) is 9.89 Å². The van der Waals surface area contributed by atoms with Gasteiger partial charge in [-0.25, -0.2) is 13.1 Å². The number of sulfonamides is 1. The molecule has 0 saturated heterocycles. The van der Waals surface area contributed by atoms with Gasteiger partial charge in [0, 0.05) is 32.8 Å². The Morgan fingerprint density at radius 3 is 2.89 bits per heavy atom. The minimum absolute atomic E-state index is 0.0341. The number of H-pyrrole nitrogens is 1. The highest BCUT2D eigenvalue weighted by molar-refractivity contribution is 7.89. The molecule has 0 aliphatic heterocycles. The third-order valence-electron chi connectivity index (χ3n) is 2.06. The number of rotatable bonds is 8. The Morgan fingerprint density at radius 2 is 2.28 bits per heavy atom. The van der Waals surface area contributed by atoms with Gasteiger partial charge < -0.3 is 10.1 Å². The lowest BCUT2D eigenvalue weighted by Crippen LogP contribution is -2.32. The Kier molecular flexibility index (Phi) is 5.75. The third-order valence-corrected chi connectivity index (χ3v) is 3.48. The van der Waals surface area contributed by atoms with Gasteiger partial charge in [0.2, 0.25) is 15.9 Å². The van der Waals surface area contributed by atoms with Crippen LogP contribution in [0.5, 0.6) is 0 Å². The Hall–Kier alpha value is -1.45. The minimum atomic E-state index is -3.59. The monoisotopic (exact) mass is 276 g/mol. The second-order valence-corrected chi connectivity index (χ2v) is 5.19. The number of carbonyl (C=O) groups is 1. The highest BCUT2D eigenvalue weighted by atomic mass is 32.2. The molecule has 0 bridgehead atoms. The normalized spacial score (nSPS) is 11.4. The number of nitrogens with zero attached hydrogens (tertiary/aromatic N) is 1. The first-order valence-electron chi connectivity index (χ1n) is 5.30. The van der Waals surface area contributed by atoms with Crippen LogP contribution in [0, 0.1) is 0 Å². The maximum absolute atomic E-state index is 11.6. The molecule has 1 rings (SSSR count). The molecule has 0 spiro atoms. The molecule has 0 unspecified atom stereocenters. The summed E-state index contributed by atoms with van der Waals surface area (Å²) in [5.41, 5.74) is 0. The summed E-state index contributed by atoms with van der Waals surface area (Å²) in [5, 5.41) is 8.54. The molecule has 1 aromatic heterocycles. The van der Waals surface area contributed by atoms with E-state index in [1.165, 1.54) is 19.5 Å². The maximum Gasteiger partial charge on any atom is 0.243 e. The van der Waals surface area contributed by atoms with E-state index in [2.05, 4.69) is 20.2 Å². The maximum atomic E-state index is 11.6. The summed E-state index contributed by atoms with van der Waals surface area (Å²) in [4.78, 5) is 11.3. The number of ether oxygens (including phenoxy) is 1. The molecule has 1 heterocycles. The lowest BCUT2D eigenvalue weighted by molar-refractivity contribution is -0.121. The van der Waals surface area contributed by atoms with Crippen LogP contribution in [0.2, 0.25) is 0 Å². The van der Waals surface area contributed by atoms with Crippen LogP contribution >= 0.6 is 0 Å². The Balaban J connectivity index is 2.27. The van der Waals surface area contributed by atoms with Crippen LogP contribution in [0.4, 0.5) is 0 Å². The lowest BCUT2D eigenvalue weighted by atomic mass is 10.4. The minimum Gasteiger partial charge on any atom is -0.383 e. The Bertz CT molecular complexity index is 457. The molecule has 18 heavy (non-hydrogen) atoms. The zero-order valence-electron chi connectivity index (χ0n) is 9.97. The summed E-state index contributed by atoms with van der Waals surface area (Å²) < 4.78 is 30.3. The zero-order valence-corrected chi connectivity index (χ0v) is 10.8. The van der Waals surface area contributed by atoms with Crippen molar-refractivity contribution in [2.24, 2.45) is 0 Å². The lowest BCUT2D eigenvalue weighted by Gasteiger charge is -2.05. The van der Waals surface area contributed by atoms with Gasteiger partial charge in [-0.15, -0.1) is 0 Å². The van der Waals surface area contributed by atoms with E-state index in [1.54, 1.807) is 0 Å². The van der Waals surface area contributed by atoms with Gasteiger partial charge in [-0.1, -0.05) is 0 Å². The number of amides is 1. The predicted molar refractivity (Wildman–Crippen MR) is 63.3 cm³/mol. The van der Waals surface area contributed by atoms with Crippen LogP contribution in [0.15, 0.2) is 17.3 Å². The number of hydrogen-bond acceptors (Lipinski definition) is 5. The molecule has 0 aliphatic rings. The highest BCUT2D eigenvalue weighted by Crippen LogP contribution is 2.03. The van der Waals surface area contributed by atoms with Crippen molar-refractivity contribution in [3.8, 4) is 0 Å². The summed E-state index contributed by atoms with van der Waals surface area (Å²) in [6.45, 7) is 0.864. The van der Waals surface area contributed by atoms with E-state index in [-0.39, 0.29) is 23.8 Å². The summed E-state index contributed by atoms with van der Waals surface area (Å²) in [5.74, 6) is -0.234. The summed E-state index contributed by atoms with van der Waals surface area (Å²) >= 11 is 0. The summed E-state index contributed by atoms with van der Waals surface area (Å²) in [6, 6.07) is 0. The highest BCUT2D eigenvalue weighted by Gasteiger charge is 2.14. The van der Waals surface area contributed by atoms with E-state index in [9.17, 15) is 13.2 Å². The van der Waals surface area contributed by atoms with Crippen molar-refractivity contribution >= 4 is 15.9 Å². The first kappa shape index (κ1) is 14.6. The average Bonchev–Trinajstić information content (AvgIpc) is 2.83. The van der Waals surface area contributed by atoms with Crippen LogP contribution in [0.25, 0.3) is 0 Å². The third kappa shape index (κ3) is 4.82. The first-order chi connectivity index (χ1) is 8.56. The summed E-state index contributed by atoms with van der Waals surface area (Å²) in [7, 11) is -2.05. The molecule has 3 N–H and O–H groups in total. The van der Waals surface area contributed by atoms with E-state index < -0.39 is 10.0 Å². The van der Waals surface area contributed by atoms with Crippen LogP contribution in [0.1, 0.15) is 6.42 Å². The van der Waals surface area contributed by atoms with E-state index >= 15 is 0 Å². The molecule has 0 aliphatic carbocycles. The number of carbonyl (C=O) groups excluding carboxylic acids is 1. The zero-order chi connectivity index (χ0) is 13.4. The quantitative estimate of drug-likeness (QED) is 0.518. The number of methoxy groups -OCH3 is 1. The molecule has 0 saturated carbocycles. The molecular formula is C9H16N4O4S. The smallest absolute Gasteiger partial charge is 0.243 e. The van der Waals surface area contributed by atoms with Crippen molar-refractivity contribution < 1.29 is 17.9 Å². The first-order valence-corrected chi connectivity index (χ1v) is 6.78. The molecule has 9 heteroatoms. The largest absolute Gasteiger partial charge is 0.383 e. The van der Waals surface area contributed by atoms with E-state index in [0.717, 1.165) is 0 Å². The summed E-state index contributed by atoms with van der Waals surface area (Å²) in [6.07, 6.45) is 2.53. The average molecular weight is 276 g/mol. The molecule has 8 nitrogen and oxygen atoms in total. The number of hydrogen-bond donors (Lipinski definition) is 3. The second-order valence-electron chi connectivity index (χ2n) is 3.42. The van der Waals surface area contributed by atoms with Crippen LogP contribution in [-0.4, -0.2) is 51.3 Å². The van der Waals surface area contributed by atoms with Crippen molar-refractivity contribution in [3.05, 3.63) is 12.4 Å². The van der Waals surface area contributed by atoms with E-state index in [4.69, 9.17) is 4.74 Å². The van der Waals surface area contributed by atoms with Gasteiger partial charge in [0.25, 0.3) is 0 Å². The number of nitrogens with one attached hydrogen (secondary N) is 3. The fraction of sp³-hybridized carbons (Fsp3) is 0.556.